The maximum atomic E-state index is 11.4. The molecule has 0 bridgehead atoms. The molecule has 1 aliphatic rings. The summed E-state index contributed by atoms with van der Waals surface area (Å²) in [5, 5.41) is 0. The van der Waals surface area contributed by atoms with E-state index in [1.165, 1.54) is 11.8 Å². The molecule has 0 radical (unpaired) electrons. The first-order chi connectivity index (χ1) is 11.4. The van der Waals surface area contributed by atoms with Crippen molar-refractivity contribution < 1.29 is 28.5 Å². The van der Waals surface area contributed by atoms with E-state index in [2.05, 4.69) is 6.08 Å². The van der Waals surface area contributed by atoms with Crippen LogP contribution < -0.4 is 14.0 Å². The number of benzene rings is 2. The molecule has 4 nitrogen and oxygen atoms in total. The molecule has 0 fully saturated rings. The molecule has 0 aromatic heterocycles. The van der Waals surface area contributed by atoms with Gasteiger partial charge in [-0.15, -0.1) is 0 Å². The fourth-order valence-corrected chi connectivity index (χ4v) is 5.19. The van der Waals surface area contributed by atoms with E-state index in [0.717, 1.165) is 10.5 Å². The van der Waals surface area contributed by atoms with Crippen molar-refractivity contribution in [3.8, 4) is 0 Å². The smallest absolute Gasteiger partial charge is 0.183 e. The summed E-state index contributed by atoms with van der Waals surface area (Å²) in [4.78, 5) is -0.361. The van der Waals surface area contributed by atoms with Crippen molar-refractivity contribution in [2.45, 2.75) is 18.3 Å². The summed E-state index contributed by atoms with van der Waals surface area (Å²) in [7, 11) is -4.56. The third-order valence-corrected chi connectivity index (χ3v) is 5.74. The molecule has 0 aliphatic carbocycles. The van der Waals surface area contributed by atoms with E-state index in [4.69, 9.17) is 4.29 Å². The number of thioether (sulfide) groups is 1. The number of hydrogen-bond donors (Lipinski definition) is 0. The van der Waals surface area contributed by atoms with Gasteiger partial charge in [-0.3, -0.25) is 0 Å². The van der Waals surface area contributed by atoms with Crippen molar-refractivity contribution in [1.29, 1.82) is 0 Å². The number of halogens is 1. The van der Waals surface area contributed by atoms with E-state index in [0.29, 0.717) is 12.0 Å². The van der Waals surface area contributed by atoms with Crippen LogP contribution in [0, 0.1) is 16.2 Å². The van der Waals surface area contributed by atoms with Crippen molar-refractivity contribution in [1.82, 2.24) is 0 Å². The maximum Gasteiger partial charge on any atom is 0.299 e. The zero-order valence-electron chi connectivity index (χ0n) is 13.1. The van der Waals surface area contributed by atoms with Gasteiger partial charge in [0, 0.05) is 16.9 Å². The van der Waals surface area contributed by atoms with Gasteiger partial charge in [-0.2, -0.15) is 14.0 Å². The standard InChI is InChI=1S/C18H17ClO4S/c1-14-12-17(15-8-4-2-5-9-15)24-18(13-14,23-19(20,21)22)16-10-6-3-7-11-16/h2-12,14H,13H2,1H3. The highest BCUT2D eigenvalue weighted by Crippen LogP contribution is 2.54. The quantitative estimate of drug-likeness (QED) is 0.822. The summed E-state index contributed by atoms with van der Waals surface area (Å²) in [6.45, 7) is 1.98. The van der Waals surface area contributed by atoms with Crippen LogP contribution in [0.25, 0.3) is 4.91 Å². The Labute approximate surface area is 147 Å². The zero-order chi connectivity index (χ0) is 17.2. The topological polar surface area (TPSA) is 78.4 Å². The van der Waals surface area contributed by atoms with Gasteiger partial charge in [-0.25, -0.2) is 0 Å². The van der Waals surface area contributed by atoms with Gasteiger partial charge in [0.25, 0.3) is 4.93 Å². The number of allylic oxidation sites excluding steroid dienone is 1. The minimum atomic E-state index is -4.56. The second-order valence-corrected chi connectivity index (χ2v) is 7.97. The Morgan fingerprint density at radius 2 is 1.58 bits per heavy atom. The lowest BCUT2D eigenvalue weighted by molar-refractivity contribution is -1.92. The van der Waals surface area contributed by atoms with E-state index >= 15 is 0 Å². The first-order valence-corrected chi connectivity index (χ1v) is 9.56. The highest BCUT2D eigenvalue weighted by Gasteiger charge is 2.52. The molecule has 0 amide bonds. The van der Waals surface area contributed by atoms with Gasteiger partial charge >= 0.3 is 0 Å². The van der Waals surface area contributed by atoms with Crippen molar-refractivity contribution >= 4 is 16.7 Å². The van der Waals surface area contributed by atoms with Crippen molar-refractivity contribution in [2.75, 3.05) is 0 Å². The third kappa shape index (κ3) is 4.00. The normalized spacial score (nSPS) is 24.5. The molecular weight excluding hydrogens is 348 g/mol. The van der Waals surface area contributed by atoms with Gasteiger partial charge in [-0.1, -0.05) is 85.4 Å². The van der Waals surface area contributed by atoms with Gasteiger partial charge in [-0.05, 0) is 11.5 Å². The van der Waals surface area contributed by atoms with E-state index in [9.17, 15) is 14.0 Å². The number of rotatable bonds is 4. The first-order valence-electron chi connectivity index (χ1n) is 7.51. The fraction of sp³-hybridized carbons (Fsp3) is 0.222. The van der Waals surface area contributed by atoms with Crippen LogP contribution in [0.2, 0.25) is 0 Å². The molecule has 24 heavy (non-hydrogen) atoms. The third-order valence-electron chi connectivity index (χ3n) is 3.79. The molecule has 3 rings (SSSR count). The molecule has 2 aromatic rings. The lowest BCUT2D eigenvalue weighted by atomic mass is 9.96. The average molecular weight is 365 g/mol. The van der Waals surface area contributed by atoms with Gasteiger partial charge in [0.05, 0.1) is 14.5 Å². The van der Waals surface area contributed by atoms with Crippen LogP contribution in [-0.2, 0) is 9.22 Å². The maximum absolute atomic E-state index is 11.4. The summed E-state index contributed by atoms with van der Waals surface area (Å²) in [5.41, 5.74) is 1.63. The average Bonchev–Trinajstić information content (AvgIpc) is 2.54. The Hall–Kier alpha value is -1.34. The van der Waals surface area contributed by atoms with Crippen molar-refractivity contribution in [3.63, 3.8) is 0 Å². The molecule has 2 unspecified atom stereocenters. The second kappa shape index (κ2) is 6.88. The molecule has 0 saturated heterocycles. The SMILES string of the molecule is CC1C=C(c2ccccc2)SC(O[Cl+3]([O-])([O-])[O-])(c2ccccc2)C1. The molecule has 0 N–H and O–H groups in total. The van der Waals surface area contributed by atoms with E-state index < -0.39 is 15.2 Å². The summed E-state index contributed by atoms with van der Waals surface area (Å²) < 4.78 is 39.3. The summed E-state index contributed by atoms with van der Waals surface area (Å²) in [6.07, 6.45) is 2.48. The van der Waals surface area contributed by atoms with Crippen molar-refractivity contribution in [2.24, 2.45) is 5.92 Å². The highest BCUT2D eigenvalue weighted by molar-refractivity contribution is 8.09. The molecule has 1 aliphatic heterocycles. The Morgan fingerprint density at radius 3 is 2.17 bits per heavy atom. The molecule has 1 heterocycles. The fourth-order valence-electron chi connectivity index (χ4n) is 2.87. The highest BCUT2D eigenvalue weighted by atomic mass is 35.7. The van der Waals surface area contributed by atoms with Crippen LogP contribution in [0.15, 0.2) is 66.7 Å². The lowest BCUT2D eigenvalue weighted by Gasteiger charge is -2.34. The summed E-state index contributed by atoms with van der Waals surface area (Å²) >= 11 is 1.27. The molecule has 2 aromatic carbocycles. The molecule has 6 heteroatoms. The second-order valence-electron chi connectivity index (χ2n) is 5.75. The van der Waals surface area contributed by atoms with Gasteiger partial charge in [0.2, 0.25) is 0 Å². The minimum Gasteiger partial charge on any atom is -0.183 e. The molecule has 126 valence electrons. The van der Waals surface area contributed by atoms with Crippen molar-refractivity contribution in [3.05, 3.63) is 77.9 Å². The largest absolute Gasteiger partial charge is 0.299 e. The van der Waals surface area contributed by atoms with Gasteiger partial charge in [0.15, 0.2) is 0 Å². The Bertz CT molecular complexity index is 715. The molecule has 2 atom stereocenters. The molecule has 0 saturated carbocycles. The predicted octanol–water partition coefficient (Wildman–Crippen LogP) is 1.57. The van der Waals surface area contributed by atoms with E-state index in [-0.39, 0.29) is 5.92 Å². The summed E-state index contributed by atoms with van der Waals surface area (Å²) in [6, 6.07) is 18.7. The first kappa shape index (κ1) is 17.5. The minimum absolute atomic E-state index is 0.0543. The van der Waals surface area contributed by atoms with Crippen LogP contribution in [-0.4, -0.2) is 0 Å². The van der Waals surface area contributed by atoms with E-state index in [1.54, 1.807) is 24.3 Å². The molecule has 0 spiro atoms. The van der Waals surface area contributed by atoms with Gasteiger partial charge < -0.3 is 0 Å². The summed E-state index contributed by atoms with van der Waals surface area (Å²) in [5.74, 6) is 0.0543. The van der Waals surface area contributed by atoms with Crippen LogP contribution in [0.5, 0.6) is 0 Å². The predicted molar refractivity (Wildman–Crippen MR) is 85.0 cm³/mol. The van der Waals surface area contributed by atoms with Gasteiger partial charge in [0.1, 0.15) is 0 Å². The zero-order valence-corrected chi connectivity index (χ0v) is 14.6. The Balaban J connectivity index is 2.05. The molecular formula is C18H17ClO4S. The monoisotopic (exact) mass is 364 g/mol. The Kier molecular flexibility index (Phi) is 5.01. The van der Waals surface area contributed by atoms with Crippen LogP contribution >= 0.6 is 11.8 Å². The lowest BCUT2D eigenvalue weighted by Crippen LogP contribution is -2.63. The van der Waals surface area contributed by atoms with Crippen LogP contribution in [0.4, 0.5) is 0 Å². The van der Waals surface area contributed by atoms with Crippen LogP contribution in [0.3, 0.4) is 0 Å². The van der Waals surface area contributed by atoms with Crippen LogP contribution in [0.1, 0.15) is 24.5 Å². The Morgan fingerprint density at radius 1 is 1.00 bits per heavy atom. The van der Waals surface area contributed by atoms with E-state index in [1.807, 2.05) is 43.3 Å². The number of hydrogen-bond acceptors (Lipinski definition) is 5.